The van der Waals surface area contributed by atoms with Gasteiger partial charge in [-0.3, -0.25) is 0 Å². The number of rotatable bonds is 3. The van der Waals surface area contributed by atoms with Gasteiger partial charge in [0.05, 0.1) is 18.3 Å². The van der Waals surface area contributed by atoms with E-state index in [1.54, 1.807) is 18.3 Å². The summed E-state index contributed by atoms with van der Waals surface area (Å²) in [6, 6.07) is 3.51. The second kappa shape index (κ2) is 4.94. The quantitative estimate of drug-likeness (QED) is 0.927. The van der Waals surface area contributed by atoms with Crippen LogP contribution in [-0.4, -0.2) is 20.0 Å². The number of pyridine rings is 1. The maximum Gasteiger partial charge on any atom is 0.127 e. The molecule has 0 aliphatic carbocycles. The van der Waals surface area contributed by atoms with Crippen molar-refractivity contribution in [1.82, 2.24) is 20.0 Å². The minimum Gasteiger partial charge on any atom is -0.364 e. The number of anilines is 1. The highest BCUT2D eigenvalue weighted by Gasteiger charge is 2.14. The molecular weight excluding hydrogens is 250 g/mol. The number of hydrogen-bond acceptors (Lipinski definition) is 4. The highest BCUT2D eigenvalue weighted by Crippen LogP contribution is 2.14. The monoisotopic (exact) mass is 265 g/mol. The molecule has 18 heavy (non-hydrogen) atoms. The van der Waals surface area contributed by atoms with Crippen LogP contribution in [0.15, 0.2) is 24.5 Å². The molecule has 6 heteroatoms. The number of hydrogen-bond donors (Lipinski definition) is 1. The van der Waals surface area contributed by atoms with E-state index in [4.69, 9.17) is 11.6 Å². The summed E-state index contributed by atoms with van der Waals surface area (Å²) in [7, 11) is 0. The minimum atomic E-state index is -0.0560. The van der Waals surface area contributed by atoms with Crippen LogP contribution in [-0.2, 0) is 12.1 Å². The fourth-order valence-electron chi connectivity index (χ4n) is 1.39. The Kier molecular flexibility index (Phi) is 3.52. The molecule has 0 aliphatic rings. The summed E-state index contributed by atoms with van der Waals surface area (Å²) in [4.78, 5) is 4.16. The average Bonchev–Trinajstić information content (AvgIpc) is 2.74. The molecule has 0 aromatic carbocycles. The smallest absolute Gasteiger partial charge is 0.127 e. The SMILES string of the molecule is CC(C)(C)n1cc(CNc2cc(Cl)ccn2)nn1. The van der Waals surface area contributed by atoms with Crippen LogP contribution in [0.25, 0.3) is 0 Å². The lowest BCUT2D eigenvalue weighted by Crippen LogP contribution is -2.22. The third kappa shape index (κ3) is 3.20. The molecule has 2 aromatic heterocycles. The number of nitrogens with zero attached hydrogens (tertiary/aromatic N) is 4. The van der Waals surface area contributed by atoms with Crippen molar-refractivity contribution in [1.29, 1.82) is 0 Å². The molecule has 0 spiro atoms. The molecule has 0 saturated heterocycles. The summed E-state index contributed by atoms with van der Waals surface area (Å²) in [5, 5.41) is 12.0. The Balaban J connectivity index is 2.01. The van der Waals surface area contributed by atoms with Gasteiger partial charge in [-0.05, 0) is 32.9 Å². The zero-order valence-electron chi connectivity index (χ0n) is 10.7. The Hall–Kier alpha value is -1.62. The topological polar surface area (TPSA) is 55.6 Å². The molecule has 0 unspecified atom stereocenters. The molecule has 5 nitrogen and oxygen atoms in total. The first-order chi connectivity index (χ1) is 8.45. The van der Waals surface area contributed by atoms with Gasteiger partial charge in [-0.25, -0.2) is 9.67 Å². The molecule has 0 aliphatic heterocycles. The normalized spacial score (nSPS) is 11.6. The first-order valence-corrected chi connectivity index (χ1v) is 6.10. The molecule has 0 saturated carbocycles. The van der Waals surface area contributed by atoms with Crippen molar-refractivity contribution in [2.24, 2.45) is 0 Å². The van der Waals surface area contributed by atoms with Crippen LogP contribution in [0.5, 0.6) is 0 Å². The van der Waals surface area contributed by atoms with E-state index < -0.39 is 0 Å². The highest BCUT2D eigenvalue weighted by atomic mass is 35.5. The molecule has 0 radical (unpaired) electrons. The van der Waals surface area contributed by atoms with E-state index in [0.717, 1.165) is 11.5 Å². The Morgan fingerprint density at radius 3 is 2.78 bits per heavy atom. The van der Waals surface area contributed by atoms with Gasteiger partial charge in [0.1, 0.15) is 11.5 Å². The summed E-state index contributed by atoms with van der Waals surface area (Å²) in [5.74, 6) is 0.729. The van der Waals surface area contributed by atoms with Crippen LogP contribution in [0.3, 0.4) is 0 Å². The van der Waals surface area contributed by atoms with Gasteiger partial charge in [0, 0.05) is 11.2 Å². The summed E-state index contributed by atoms with van der Waals surface area (Å²) in [6.45, 7) is 6.82. The van der Waals surface area contributed by atoms with E-state index in [9.17, 15) is 0 Å². The van der Waals surface area contributed by atoms with Crippen molar-refractivity contribution < 1.29 is 0 Å². The van der Waals surface area contributed by atoms with Crippen molar-refractivity contribution >= 4 is 17.4 Å². The zero-order valence-corrected chi connectivity index (χ0v) is 11.4. The molecule has 0 amide bonds. The Bertz CT molecular complexity index is 529. The van der Waals surface area contributed by atoms with Crippen molar-refractivity contribution in [2.45, 2.75) is 32.9 Å². The van der Waals surface area contributed by atoms with Gasteiger partial charge in [0.15, 0.2) is 0 Å². The van der Waals surface area contributed by atoms with E-state index in [1.807, 2.05) is 10.9 Å². The average molecular weight is 266 g/mol. The Morgan fingerprint density at radius 2 is 2.17 bits per heavy atom. The molecule has 1 N–H and O–H groups in total. The second-order valence-corrected chi connectivity index (χ2v) is 5.47. The van der Waals surface area contributed by atoms with Crippen molar-refractivity contribution in [2.75, 3.05) is 5.32 Å². The van der Waals surface area contributed by atoms with E-state index >= 15 is 0 Å². The summed E-state index contributed by atoms with van der Waals surface area (Å²) >= 11 is 5.88. The molecule has 0 atom stereocenters. The van der Waals surface area contributed by atoms with Crippen molar-refractivity contribution in [3.05, 3.63) is 35.2 Å². The molecule has 2 aromatic rings. The predicted octanol–water partition coefficient (Wildman–Crippen LogP) is 2.69. The van der Waals surface area contributed by atoms with Crippen LogP contribution in [0.4, 0.5) is 5.82 Å². The van der Waals surface area contributed by atoms with Gasteiger partial charge in [-0.1, -0.05) is 16.8 Å². The molecule has 2 rings (SSSR count). The van der Waals surface area contributed by atoms with Crippen LogP contribution in [0, 0.1) is 0 Å². The maximum absolute atomic E-state index is 5.88. The van der Waals surface area contributed by atoms with Gasteiger partial charge in [-0.15, -0.1) is 5.10 Å². The minimum absolute atomic E-state index is 0.0560. The molecule has 0 bridgehead atoms. The zero-order chi connectivity index (χ0) is 13.2. The van der Waals surface area contributed by atoms with Crippen molar-refractivity contribution in [3.63, 3.8) is 0 Å². The molecule has 96 valence electrons. The van der Waals surface area contributed by atoms with Crippen LogP contribution in [0.1, 0.15) is 26.5 Å². The van der Waals surface area contributed by atoms with Gasteiger partial charge in [-0.2, -0.15) is 0 Å². The fourth-order valence-corrected chi connectivity index (χ4v) is 1.55. The largest absolute Gasteiger partial charge is 0.364 e. The van der Waals surface area contributed by atoms with Gasteiger partial charge >= 0.3 is 0 Å². The Labute approximate surface area is 111 Å². The van der Waals surface area contributed by atoms with Crippen LogP contribution < -0.4 is 5.32 Å². The van der Waals surface area contributed by atoms with E-state index in [-0.39, 0.29) is 5.54 Å². The lowest BCUT2D eigenvalue weighted by atomic mass is 10.1. The van der Waals surface area contributed by atoms with Crippen LogP contribution in [0.2, 0.25) is 5.02 Å². The van der Waals surface area contributed by atoms with Gasteiger partial charge < -0.3 is 5.32 Å². The fraction of sp³-hybridized carbons (Fsp3) is 0.417. The lowest BCUT2D eigenvalue weighted by molar-refractivity contribution is 0.347. The summed E-state index contributed by atoms with van der Waals surface area (Å²) in [5.41, 5.74) is 0.811. The lowest BCUT2D eigenvalue weighted by Gasteiger charge is -2.17. The van der Waals surface area contributed by atoms with Gasteiger partial charge in [0.25, 0.3) is 0 Å². The first-order valence-electron chi connectivity index (χ1n) is 5.72. The summed E-state index contributed by atoms with van der Waals surface area (Å²) < 4.78 is 1.84. The third-order valence-corrected chi connectivity index (χ3v) is 2.64. The summed E-state index contributed by atoms with van der Waals surface area (Å²) in [6.07, 6.45) is 3.59. The van der Waals surface area contributed by atoms with E-state index in [2.05, 4.69) is 41.4 Å². The van der Waals surface area contributed by atoms with Crippen molar-refractivity contribution in [3.8, 4) is 0 Å². The van der Waals surface area contributed by atoms with Gasteiger partial charge in [0.2, 0.25) is 0 Å². The predicted molar refractivity (Wildman–Crippen MR) is 71.6 cm³/mol. The highest BCUT2D eigenvalue weighted by molar-refractivity contribution is 6.30. The third-order valence-electron chi connectivity index (χ3n) is 2.40. The Morgan fingerprint density at radius 1 is 1.39 bits per heavy atom. The second-order valence-electron chi connectivity index (χ2n) is 5.04. The van der Waals surface area contributed by atoms with E-state index in [1.165, 1.54) is 0 Å². The number of aromatic nitrogens is 4. The first kappa shape index (κ1) is 12.8. The maximum atomic E-state index is 5.88. The number of nitrogens with one attached hydrogen (secondary N) is 1. The molecule has 0 fully saturated rings. The molecule has 2 heterocycles. The van der Waals surface area contributed by atoms with Crippen LogP contribution >= 0.6 is 11.6 Å². The standard InChI is InChI=1S/C12H16ClN5/c1-12(2,3)18-8-10(16-17-18)7-15-11-6-9(13)4-5-14-11/h4-6,8H,7H2,1-3H3,(H,14,15). The molecular formula is C12H16ClN5. The number of halogens is 1. The van der Waals surface area contributed by atoms with E-state index in [0.29, 0.717) is 11.6 Å².